The van der Waals surface area contributed by atoms with Crippen LogP contribution in [0.5, 0.6) is 0 Å². The van der Waals surface area contributed by atoms with E-state index in [0.717, 1.165) is 29.5 Å². The predicted molar refractivity (Wildman–Crippen MR) is 103 cm³/mol. The first kappa shape index (κ1) is 19.8. The van der Waals surface area contributed by atoms with E-state index in [1.165, 1.54) is 4.31 Å². The van der Waals surface area contributed by atoms with Crippen LogP contribution < -0.4 is 5.32 Å². The summed E-state index contributed by atoms with van der Waals surface area (Å²) in [5.74, 6) is -0.100. The smallest absolute Gasteiger partial charge is 0.223 e. The van der Waals surface area contributed by atoms with Crippen LogP contribution in [0.2, 0.25) is 0 Å². The molecule has 1 aromatic carbocycles. The average Bonchev–Trinajstić information content (AvgIpc) is 3.15. The molecule has 0 aliphatic carbocycles. The number of ether oxygens (including phenoxy) is 1. The molecule has 1 aromatic rings. The molecule has 1 atom stereocenters. The highest BCUT2D eigenvalue weighted by Crippen LogP contribution is 2.22. The lowest BCUT2D eigenvalue weighted by atomic mass is 9.97. The second-order valence-electron chi connectivity index (χ2n) is 6.94. The molecule has 0 spiro atoms. The summed E-state index contributed by atoms with van der Waals surface area (Å²) >= 11 is 3.35. The summed E-state index contributed by atoms with van der Waals surface area (Å²) in [5, 5.41) is 2.96. The summed E-state index contributed by atoms with van der Waals surface area (Å²) in [6.07, 6.45) is 3.31. The molecule has 0 radical (unpaired) electrons. The first-order valence-electron chi connectivity index (χ1n) is 9.05. The highest BCUT2D eigenvalue weighted by atomic mass is 79.9. The van der Waals surface area contributed by atoms with Gasteiger partial charge in [0.15, 0.2) is 0 Å². The molecule has 0 aromatic heterocycles. The van der Waals surface area contributed by atoms with Crippen LogP contribution in [0.15, 0.2) is 28.7 Å². The third kappa shape index (κ3) is 5.28. The van der Waals surface area contributed by atoms with Gasteiger partial charge in [-0.1, -0.05) is 28.1 Å². The number of hydrogen-bond donors (Lipinski definition) is 1. The lowest BCUT2D eigenvalue weighted by Gasteiger charge is -2.30. The quantitative estimate of drug-likeness (QED) is 0.729. The molecule has 0 saturated carbocycles. The maximum absolute atomic E-state index is 12.6. The van der Waals surface area contributed by atoms with Gasteiger partial charge in [-0.15, -0.1) is 0 Å². The van der Waals surface area contributed by atoms with Gasteiger partial charge >= 0.3 is 0 Å². The number of benzene rings is 1. The zero-order valence-electron chi connectivity index (χ0n) is 14.7. The highest BCUT2D eigenvalue weighted by molar-refractivity contribution is 9.10. The Morgan fingerprint density at radius 3 is 2.50 bits per heavy atom. The van der Waals surface area contributed by atoms with E-state index in [0.29, 0.717) is 32.5 Å². The largest absolute Gasteiger partial charge is 0.376 e. The van der Waals surface area contributed by atoms with Crippen molar-refractivity contribution >= 4 is 31.9 Å². The fourth-order valence-electron chi connectivity index (χ4n) is 3.44. The van der Waals surface area contributed by atoms with E-state index in [1.807, 2.05) is 24.3 Å². The molecule has 2 heterocycles. The summed E-state index contributed by atoms with van der Waals surface area (Å²) in [6.45, 7) is 2.13. The van der Waals surface area contributed by atoms with E-state index < -0.39 is 10.0 Å². The molecule has 144 valence electrons. The molecule has 8 heteroatoms. The SMILES string of the molecule is O=C(NCC1CCCO1)C1CCN(S(=O)(=O)Cc2ccc(Br)cc2)CC1. The minimum absolute atomic E-state index is 0.00381. The first-order valence-corrected chi connectivity index (χ1v) is 11.5. The van der Waals surface area contributed by atoms with Gasteiger partial charge in [0.25, 0.3) is 0 Å². The van der Waals surface area contributed by atoms with Crippen LogP contribution in [0.25, 0.3) is 0 Å². The minimum atomic E-state index is -3.36. The molecule has 26 heavy (non-hydrogen) atoms. The maximum Gasteiger partial charge on any atom is 0.223 e. The van der Waals surface area contributed by atoms with Crippen LogP contribution in [-0.2, 0) is 25.3 Å². The second-order valence-corrected chi connectivity index (χ2v) is 9.82. The van der Waals surface area contributed by atoms with Gasteiger partial charge in [-0.2, -0.15) is 0 Å². The topological polar surface area (TPSA) is 75.7 Å². The van der Waals surface area contributed by atoms with Crippen molar-refractivity contribution in [3.63, 3.8) is 0 Å². The molecule has 2 aliphatic heterocycles. The molecule has 3 rings (SSSR count). The van der Waals surface area contributed by atoms with Crippen molar-refractivity contribution in [1.82, 2.24) is 9.62 Å². The van der Waals surface area contributed by atoms with Gasteiger partial charge in [-0.3, -0.25) is 4.79 Å². The van der Waals surface area contributed by atoms with Gasteiger partial charge < -0.3 is 10.1 Å². The van der Waals surface area contributed by atoms with Crippen molar-refractivity contribution in [2.45, 2.75) is 37.5 Å². The van der Waals surface area contributed by atoms with Gasteiger partial charge in [0.05, 0.1) is 11.9 Å². The zero-order valence-corrected chi connectivity index (χ0v) is 17.1. The first-order chi connectivity index (χ1) is 12.4. The molecule has 1 unspecified atom stereocenters. The Hall–Kier alpha value is -0.960. The number of hydrogen-bond acceptors (Lipinski definition) is 4. The van der Waals surface area contributed by atoms with Gasteiger partial charge in [0, 0.05) is 36.6 Å². The van der Waals surface area contributed by atoms with E-state index in [-0.39, 0.29) is 23.7 Å². The third-order valence-electron chi connectivity index (χ3n) is 5.01. The van der Waals surface area contributed by atoms with Crippen molar-refractivity contribution in [2.24, 2.45) is 5.92 Å². The lowest BCUT2D eigenvalue weighted by molar-refractivity contribution is -0.126. The van der Waals surface area contributed by atoms with Crippen molar-refractivity contribution in [3.8, 4) is 0 Å². The summed E-state index contributed by atoms with van der Waals surface area (Å²) in [6, 6.07) is 7.31. The highest BCUT2D eigenvalue weighted by Gasteiger charge is 2.31. The molecular formula is C18H25BrN2O4S. The van der Waals surface area contributed by atoms with Crippen molar-refractivity contribution in [3.05, 3.63) is 34.3 Å². The van der Waals surface area contributed by atoms with E-state index in [4.69, 9.17) is 4.74 Å². The number of carbonyl (C=O) groups is 1. The number of piperidine rings is 1. The molecule has 1 N–H and O–H groups in total. The van der Waals surface area contributed by atoms with Crippen LogP contribution in [-0.4, -0.2) is 51.0 Å². The van der Waals surface area contributed by atoms with Gasteiger partial charge in [-0.25, -0.2) is 12.7 Å². The fourth-order valence-corrected chi connectivity index (χ4v) is 5.27. The number of nitrogens with one attached hydrogen (secondary N) is 1. The monoisotopic (exact) mass is 444 g/mol. The Balaban J connectivity index is 1.47. The molecule has 1 amide bonds. The minimum Gasteiger partial charge on any atom is -0.376 e. The molecule has 2 fully saturated rings. The number of nitrogens with zero attached hydrogens (tertiary/aromatic N) is 1. The van der Waals surface area contributed by atoms with Crippen LogP contribution in [0.4, 0.5) is 0 Å². The van der Waals surface area contributed by atoms with Crippen molar-refractivity contribution in [1.29, 1.82) is 0 Å². The van der Waals surface area contributed by atoms with E-state index >= 15 is 0 Å². The number of halogens is 1. The Morgan fingerprint density at radius 1 is 1.19 bits per heavy atom. The Bertz CT molecular complexity index is 709. The molecule has 6 nitrogen and oxygen atoms in total. The summed E-state index contributed by atoms with van der Waals surface area (Å²) in [5.41, 5.74) is 0.768. The predicted octanol–water partition coefficient (Wildman–Crippen LogP) is 2.29. The number of rotatable bonds is 6. The Labute approximate surface area is 163 Å². The summed E-state index contributed by atoms with van der Waals surface area (Å²) < 4.78 is 33.2. The van der Waals surface area contributed by atoms with Gasteiger partial charge in [-0.05, 0) is 43.4 Å². The van der Waals surface area contributed by atoms with E-state index in [1.54, 1.807) is 0 Å². The molecule has 2 saturated heterocycles. The number of sulfonamides is 1. The number of carbonyl (C=O) groups excluding carboxylic acids is 1. The van der Waals surface area contributed by atoms with Crippen LogP contribution in [0.3, 0.4) is 0 Å². The fraction of sp³-hybridized carbons (Fsp3) is 0.611. The Kier molecular flexibility index (Phi) is 6.71. The molecule has 2 aliphatic rings. The molecule has 0 bridgehead atoms. The summed E-state index contributed by atoms with van der Waals surface area (Å²) in [4.78, 5) is 12.3. The second kappa shape index (κ2) is 8.82. The number of amides is 1. The lowest BCUT2D eigenvalue weighted by Crippen LogP contribution is -2.44. The maximum atomic E-state index is 12.6. The van der Waals surface area contributed by atoms with Gasteiger partial charge in [0.1, 0.15) is 0 Å². The normalized spacial score (nSPS) is 22.4. The van der Waals surface area contributed by atoms with Crippen LogP contribution in [0.1, 0.15) is 31.2 Å². The van der Waals surface area contributed by atoms with Gasteiger partial charge in [0.2, 0.25) is 15.9 Å². The van der Waals surface area contributed by atoms with E-state index in [2.05, 4.69) is 21.2 Å². The standard InChI is InChI=1S/C18H25BrN2O4S/c19-16-5-3-14(4-6-16)13-26(23,24)21-9-7-15(8-10-21)18(22)20-12-17-2-1-11-25-17/h3-6,15,17H,1-2,7-13H2,(H,20,22). The average molecular weight is 445 g/mol. The van der Waals surface area contributed by atoms with E-state index in [9.17, 15) is 13.2 Å². The third-order valence-corrected chi connectivity index (χ3v) is 7.39. The van der Waals surface area contributed by atoms with Crippen LogP contribution >= 0.6 is 15.9 Å². The Morgan fingerprint density at radius 2 is 1.88 bits per heavy atom. The van der Waals surface area contributed by atoms with Crippen LogP contribution in [0, 0.1) is 5.92 Å². The van der Waals surface area contributed by atoms with Crippen molar-refractivity contribution < 1.29 is 17.9 Å². The summed E-state index contributed by atoms with van der Waals surface area (Å²) in [7, 11) is -3.36. The molecular weight excluding hydrogens is 420 g/mol. The van der Waals surface area contributed by atoms with Crippen molar-refractivity contribution in [2.75, 3.05) is 26.2 Å². The zero-order chi connectivity index (χ0) is 18.6.